The molecule has 0 N–H and O–H groups in total. The second kappa shape index (κ2) is 6.02. The van der Waals surface area contributed by atoms with Crippen molar-refractivity contribution < 1.29 is 4.74 Å². The summed E-state index contributed by atoms with van der Waals surface area (Å²) in [6.07, 6.45) is 1.70. The molecule has 0 atom stereocenters. The molecule has 4 heteroatoms. The third-order valence-corrected chi connectivity index (χ3v) is 2.96. The van der Waals surface area contributed by atoms with Gasteiger partial charge in [0, 0.05) is 5.92 Å². The van der Waals surface area contributed by atoms with E-state index in [1.807, 2.05) is 31.2 Å². The summed E-state index contributed by atoms with van der Waals surface area (Å²) < 4.78 is 5.81. The van der Waals surface area contributed by atoms with Gasteiger partial charge in [-0.05, 0) is 24.6 Å². The van der Waals surface area contributed by atoms with Gasteiger partial charge in [-0.15, -0.1) is 11.6 Å². The maximum atomic E-state index is 5.94. The maximum Gasteiger partial charge on any atom is 0.168 e. The summed E-state index contributed by atoms with van der Waals surface area (Å²) in [5.74, 6) is 2.75. The van der Waals surface area contributed by atoms with E-state index in [1.54, 1.807) is 6.20 Å². The molecule has 0 fully saturated rings. The van der Waals surface area contributed by atoms with E-state index < -0.39 is 0 Å². The molecule has 0 spiro atoms. The number of aromatic nitrogens is 2. The highest BCUT2D eigenvalue weighted by Crippen LogP contribution is 2.26. The zero-order chi connectivity index (χ0) is 13.8. The van der Waals surface area contributed by atoms with E-state index in [0.29, 0.717) is 11.6 Å². The molecule has 1 heterocycles. The molecule has 1 aromatic carbocycles. The minimum Gasteiger partial charge on any atom is -0.454 e. The molecule has 2 aromatic rings. The van der Waals surface area contributed by atoms with Gasteiger partial charge < -0.3 is 4.74 Å². The van der Waals surface area contributed by atoms with Crippen molar-refractivity contribution in [3.63, 3.8) is 0 Å². The fourth-order valence-corrected chi connectivity index (χ4v) is 1.88. The first-order chi connectivity index (χ1) is 9.10. The van der Waals surface area contributed by atoms with Crippen molar-refractivity contribution in [2.45, 2.75) is 32.6 Å². The van der Waals surface area contributed by atoms with Crippen LogP contribution in [-0.2, 0) is 5.88 Å². The van der Waals surface area contributed by atoms with Gasteiger partial charge in [-0.25, -0.2) is 9.97 Å². The van der Waals surface area contributed by atoms with Crippen molar-refractivity contribution in [2.24, 2.45) is 0 Å². The molecule has 0 aliphatic rings. The number of benzene rings is 1. The first-order valence-corrected chi connectivity index (χ1v) is 6.80. The topological polar surface area (TPSA) is 35.0 Å². The molecule has 0 bridgehead atoms. The second-order valence-corrected chi connectivity index (χ2v) is 5.01. The third kappa shape index (κ3) is 3.44. The molecule has 3 nitrogen and oxygen atoms in total. The summed E-state index contributed by atoms with van der Waals surface area (Å²) in [7, 11) is 0. The Kier molecular flexibility index (Phi) is 4.38. The lowest BCUT2D eigenvalue weighted by Crippen LogP contribution is -2.02. The van der Waals surface area contributed by atoms with Crippen LogP contribution in [0.4, 0.5) is 0 Å². The normalized spacial score (nSPS) is 10.8. The lowest BCUT2D eigenvalue weighted by atomic mass is 10.2. The molecule has 0 aliphatic carbocycles. The summed E-state index contributed by atoms with van der Waals surface area (Å²) in [4.78, 5) is 8.75. The zero-order valence-corrected chi connectivity index (χ0v) is 12.1. The molecular weight excluding hydrogens is 260 g/mol. The number of hydrogen-bond acceptors (Lipinski definition) is 3. The molecule has 0 unspecified atom stereocenters. The largest absolute Gasteiger partial charge is 0.454 e. The van der Waals surface area contributed by atoms with Crippen LogP contribution in [0.25, 0.3) is 0 Å². The van der Waals surface area contributed by atoms with Crippen molar-refractivity contribution in [2.75, 3.05) is 0 Å². The predicted molar refractivity (Wildman–Crippen MR) is 76.9 cm³/mol. The van der Waals surface area contributed by atoms with Crippen LogP contribution in [0.2, 0.25) is 0 Å². The Morgan fingerprint density at radius 1 is 1.32 bits per heavy atom. The van der Waals surface area contributed by atoms with Crippen molar-refractivity contribution in [1.29, 1.82) is 0 Å². The molecule has 0 amide bonds. The van der Waals surface area contributed by atoms with Crippen molar-refractivity contribution in [3.8, 4) is 11.5 Å². The first kappa shape index (κ1) is 13.8. The van der Waals surface area contributed by atoms with E-state index in [-0.39, 0.29) is 5.92 Å². The van der Waals surface area contributed by atoms with Gasteiger partial charge in [0.2, 0.25) is 0 Å². The Hall–Kier alpha value is -1.61. The van der Waals surface area contributed by atoms with Gasteiger partial charge in [-0.3, -0.25) is 0 Å². The van der Waals surface area contributed by atoms with Crippen LogP contribution in [0, 0.1) is 6.92 Å². The number of nitrogens with zero attached hydrogens (tertiary/aromatic N) is 2. The van der Waals surface area contributed by atoms with Crippen LogP contribution in [0.3, 0.4) is 0 Å². The van der Waals surface area contributed by atoms with Gasteiger partial charge >= 0.3 is 0 Å². The third-order valence-electron chi connectivity index (χ3n) is 2.71. The van der Waals surface area contributed by atoms with E-state index in [0.717, 1.165) is 22.8 Å². The van der Waals surface area contributed by atoms with Crippen LogP contribution >= 0.6 is 11.6 Å². The molecule has 100 valence electrons. The smallest absolute Gasteiger partial charge is 0.168 e. The number of aryl methyl sites for hydroxylation is 1. The predicted octanol–water partition coefficient (Wildman–Crippen LogP) is 4.44. The average molecular weight is 277 g/mol. The summed E-state index contributed by atoms with van der Waals surface area (Å²) in [5, 5.41) is 0. The quantitative estimate of drug-likeness (QED) is 0.775. The standard InChI is InChI=1S/C15H17ClN2O/c1-10(2)15-17-9-14(13(8-16)18-15)19-12-6-4-5-11(3)7-12/h4-7,9-10H,8H2,1-3H3. The Morgan fingerprint density at radius 2 is 2.11 bits per heavy atom. The summed E-state index contributed by atoms with van der Waals surface area (Å²) in [6.45, 7) is 6.12. The minimum absolute atomic E-state index is 0.273. The highest BCUT2D eigenvalue weighted by molar-refractivity contribution is 6.17. The number of hydrogen-bond donors (Lipinski definition) is 0. The van der Waals surface area contributed by atoms with Crippen molar-refractivity contribution in [3.05, 3.63) is 47.5 Å². The molecule has 2 rings (SSSR count). The van der Waals surface area contributed by atoms with Crippen LogP contribution < -0.4 is 4.74 Å². The fraction of sp³-hybridized carbons (Fsp3) is 0.333. The van der Waals surface area contributed by atoms with E-state index >= 15 is 0 Å². The number of rotatable bonds is 4. The fourth-order valence-electron chi connectivity index (χ4n) is 1.69. The highest BCUT2D eigenvalue weighted by atomic mass is 35.5. The van der Waals surface area contributed by atoms with Gasteiger partial charge in [0.05, 0.1) is 12.1 Å². The van der Waals surface area contributed by atoms with Gasteiger partial charge in [-0.2, -0.15) is 0 Å². The van der Waals surface area contributed by atoms with Gasteiger partial charge in [-0.1, -0.05) is 26.0 Å². The molecule has 0 aliphatic heterocycles. The minimum atomic E-state index is 0.273. The van der Waals surface area contributed by atoms with E-state index in [1.165, 1.54) is 0 Å². The number of halogens is 1. The monoisotopic (exact) mass is 276 g/mol. The second-order valence-electron chi connectivity index (χ2n) is 4.75. The van der Waals surface area contributed by atoms with Crippen molar-refractivity contribution >= 4 is 11.6 Å². The lowest BCUT2D eigenvalue weighted by Gasteiger charge is -2.11. The molecule has 0 saturated heterocycles. The van der Waals surface area contributed by atoms with Crippen LogP contribution in [0.5, 0.6) is 11.5 Å². The molecular formula is C15H17ClN2O. The molecule has 1 aromatic heterocycles. The van der Waals surface area contributed by atoms with E-state index in [2.05, 4.69) is 23.8 Å². The van der Waals surface area contributed by atoms with Crippen LogP contribution in [-0.4, -0.2) is 9.97 Å². The Bertz CT molecular complexity index is 570. The Morgan fingerprint density at radius 3 is 2.74 bits per heavy atom. The van der Waals surface area contributed by atoms with Gasteiger partial charge in [0.25, 0.3) is 0 Å². The van der Waals surface area contributed by atoms with Crippen LogP contribution in [0.15, 0.2) is 30.5 Å². The molecule has 19 heavy (non-hydrogen) atoms. The summed E-state index contributed by atoms with van der Waals surface area (Å²) in [6, 6.07) is 7.85. The Balaban J connectivity index is 2.29. The van der Waals surface area contributed by atoms with E-state index in [4.69, 9.17) is 16.3 Å². The molecule has 0 radical (unpaired) electrons. The number of alkyl halides is 1. The summed E-state index contributed by atoms with van der Waals surface area (Å²) in [5.41, 5.74) is 1.87. The zero-order valence-electron chi connectivity index (χ0n) is 11.4. The SMILES string of the molecule is Cc1cccc(Oc2cnc(C(C)C)nc2CCl)c1. The number of ether oxygens (including phenoxy) is 1. The van der Waals surface area contributed by atoms with Gasteiger partial charge in [0.1, 0.15) is 17.3 Å². The first-order valence-electron chi connectivity index (χ1n) is 6.26. The van der Waals surface area contributed by atoms with E-state index in [9.17, 15) is 0 Å². The maximum absolute atomic E-state index is 5.94. The molecule has 0 saturated carbocycles. The van der Waals surface area contributed by atoms with Crippen LogP contribution in [0.1, 0.15) is 36.8 Å². The average Bonchev–Trinajstić information content (AvgIpc) is 2.39. The highest BCUT2D eigenvalue weighted by Gasteiger charge is 2.10. The Labute approximate surface area is 118 Å². The van der Waals surface area contributed by atoms with Crippen molar-refractivity contribution in [1.82, 2.24) is 9.97 Å². The lowest BCUT2D eigenvalue weighted by molar-refractivity contribution is 0.469. The summed E-state index contributed by atoms with van der Waals surface area (Å²) >= 11 is 5.94. The van der Waals surface area contributed by atoms with Gasteiger partial charge in [0.15, 0.2) is 5.75 Å².